The van der Waals surface area contributed by atoms with Crippen molar-refractivity contribution in [2.45, 2.75) is 44.3 Å². The van der Waals surface area contributed by atoms with E-state index in [1.165, 1.54) is 0 Å². The number of H-pyrrole nitrogens is 1. The van der Waals surface area contributed by atoms with Crippen LogP contribution in [-0.2, 0) is 10.0 Å². The molecule has 0 aliphatic heterocycles. The van der Waals surface area contributed by atoms with Crippen molar-refractivity contribution in [3.8, 4) is 0 Å². The van der Waals surface area contributed by atoms with E-state index in [0.717, 1.165) is 22.5 Å². The van der Waals surface area contributed by atoms with Crippen LogP contribution >= 0.6 is 0 Å². The molecule has 0 radical (unpaired) electrons. The molecule has 0 bridgehead atoms. The molecule has 1 saturated carbocycles. The maximum atomic E-state index is 12.3. The quantitative estimate of drug-likeness (QED) is 0.670. The lowest BCUT2D eigenvalue weighted by Gasteiger charge is -2.15. The Hall–Kier alpha value is -2.14. The zero-order valence-electron chi connectivity index (χ0n) is 15.1. The molecule has 2 N–H and O–H groups in total. The fourth-order valence-corrected chi connectivity index (χ4v) is 5.35. The molecular formula is C17H20F3N5O2S. The van der Waals surface area contributed by atoms with Crippen LogP contribution in [0.4, 0.5) is 13.2 Å². The van der Waals surface area contributed by atoms with Gasteiger partial charge in [-0.05, 0) is 24.8 Å². The minimum Gasteiger partial charge on any atom is -0.345 e. The van der Waals surface area contributed by atoms with Crippen molar-refractivity contribution in [1.29, 1.82) is 0 Å². The second kappa shape index (κ2) is 6.73. The second-order valence-electron chi connectivity index (χ2n) is 7.40. The van der Waals surface area contributed by atoms with Crippen molar-refractivity contribution in [3.63, 3.8) is 0 Å². The van der Waals surface area contributed by atoms with E-state index in [1.807, 2.05) is 17.4 Å². The highest BCUT2D eigenvalue weighted by Gasteiger charge is 2.38. The molecule has 3 aromatic heterocycles. The van der Waals surface area contributed by atoms with Gasteiger partial charge in [-0.25, -0.2) is 23.1 Å². The van der Waals surface area contributed by atoms with Gasteiger partial charge in [0.1, 0.15) is 5.82 Å². The van der Waals surface area contributed by atoms with E-state index in [-0.39, 0.29) is 11.8 Å². The molecule has 1 fully saturated rings. The number of imidazole rings is 1. The summed E-state index contributed by atoms with van der Waals surface area (Å²) in [4.78, 5) is 11.9. The summed E-state index contributed by atoms with van der Waals surface area (Å²) in [5, 5.41) is 0. The molecule has 11 heteroatoms. The van der Waals surface area contributed by atoms with Gasteiger partial charge in [-0.15, -0.1) is 0 Å². The summed E-state index contributed by atoms with van der Waals surface area (Å²) in [6.07, 6.45) is 0.416. The van der Waals surface area contributed by atoms with E-state index in [0.29, 0.717) is 12.8 Å². The number of rotatable bonds is 5. The maximum absolute atomic E-state index is 12.3. The lowest BCUT2D eigenvalue weighted by molar-refractivity contribution is -0.130. The maximum Gasteiger partial charge on any atom is 0.390 e. The van der Waals surface area contributed by atoms with Gasteiger partial charge in [0, 0.05) is 18.2 Å². The third kappa shape index (κ3) is 3.72. The Morgan fingerprint density at radius 1 is 1.29 bits per heavy atom. The number of halogens is 3. The number of aromatic amines is 1. The van der Waals surface area contributed by atoms with E-state index < -0.39 is 34.4 Å². The van der Waals surface area contributed by atoms with Crippen LogP contribution in [0.15, 0.2) is 24.7 Å². The van der Waals surface area contributed by atoms with Gasteiger partial charge in [-0.2, -0.15) is 13.2 Å². The number of hydrogen-bond donors (Lipinski definition) is 2. The van der Waals surface area contributed by atoms with Gasteiger partial charge in [-0.1, -0.05) is 6.92 Å². The Morgan fingerprint density at radius 3 is 2.79 bits per heavy atom. The third-order valence-electron chi connectivity index (χ3n) is 5.30. The number of aromatic nitrogens is 4. The first-order valence-electron chi connectivity index (χ1n) is 8.99. The van der Waals surface area contributed by atoms with Crippen LogP contribution < -0.4 is 4.72 Å². The minimum absolute atomic E-state index is 0.0154. The zero-order chi connectivity index (χ0) is 20.1. The summed E-state index contributed by atoms with van der Waals surface area (Å²) in [6.45, 7) is 2.01. The Balaban J connectivity index is 1.55. The molecule has 3 aromatic rings. The predicted molar refractivity (Wildman–Crippen MR) is 97.4 cm³/mol. The van der Waals surface area contributed by atoms with Crippen LogP contribution in [0.2, 0.25) is 0 Å². The SMILES string of the molecule is C[C@H]1C[C@@H](NS(=O)(=O)CCC(F)(F)F)C[C@H]1c1ncc2cnc3[nH]ccc3n12. The van der Waals surface area contributed by atoms with E-state index in [4.69, 9.17) is 0 Å². The summed E-state index contributed by atoms with van der Waals surface area (Å²) in [5.74, 6) is -0.0264. The summed E-state index contributed by atoms with van der Waals surface area (Å²) in [6, 6.07) is 1.49. The number of hydrogen-bond acceptors (Lipinski definition) is 4. The number of fused-ring (bicyclic) bond motifs is 3. The number of alkyl halides is 3. The first-order valence-corrected chi connectivity index (χ1v) is 10.6. The molecule has 0 amide bonds. The average Bonchev–Trinajstić information content (AvgIpc) is 3.29. The van der Waals surface area contributed by atoms with Crippen LogP contribution in [0.3, 0.4) is 0 Å². The smallest absolute Gasteiger partial charge is 0.345 e. The lowest BCUT2D eigenvalue weighted by atomic mass is 9.97. The minimum atomic E-state index is -4.50. The van der Waals surface area contributed by atoms with Crippen LogP contribution in [0.1, 0.15) is 37.9 Å². The van der Waals surface area contributed by atoms with Crippen LogP contribution in [0.5, 0.6) is 0 Å². The highest BCUT2D eigenvalue weighted by molar-refractivity contribution is 7.89. The Morgan fingerprint density at radius 2 is 2.04 bits per heavy atom. The molecule has 0 saturated heterocycles. The number of nitrogens with zero attached hydrogens (tertiary/aromatic N) is 3. The molecule has 4 rings (SSSR count). The normalized spacial score (nSPS) is 23.8. The van der Waals surface area contributed by atoms with Gasteiger partial charge in [-0.3, -0.25) is 4.40 Å². The first kappa shape index (κ1) is 19.2. The second-order valence-corrected chi connectivity index (χ2v) is 9.27. The molecule has 152 valence electrons. The van der Waals surface area contributed by atoms with Crippen LogP contribution in [0.25, 0.3) is 16.7 Å². The van der Waals surface area contributed by atoms with Crippen molar-refractivity contribution < 1.29 is 21.6 Å². The largest absolute Gasteiger partial charge is 0.390 e. The summed E-state index contributed by atoms with van der Waals surface area (Å²) < 4.78 is 65.6. The summed E-state index contributed by atoms with van der Waals surface area (Å²) in [7, 11) is -3.99. The monoisotopic (exact) mass is 415 g/mol. The Labute approximate surface area is 159 Å². The van der Waals surface area contributed by atoms with Gasteiger partial charge < -0.3 is 4.98 Å². The molecule has 28 heavy (non-hydrogen) atoms. The van der Waals surface area contributed by atoms with Gasteiger partial charge in [0.2, 0.25) is 10.0 Å². The fourth-order valence-electron chi connectivity index (χ4n) is 4.03. The molecule has 0 spiro atoms. The molecule has 1 aliphatic rings. The van der Waals surface area contributed by atoms with Gasteiger partial charge in [0.05, 0.1) is 35.6 Å². The van der Waals surface area contributed by atoms with Crippen LogP contribution in [0, 0.1) is 5.92 Å². The Bertz CT molecular complexity index is 1110. The topological polar surface area (TPSA) is 92.2 Å². The van der Waals surface area contributed by atoms with Gasteiger partial charge in [0.15, 0.2) is 5.65 Å². The molecule has 0 aromatic carbocycles. The molecule has 0 unspecified atom stereocenters. The van der Waals surface area contributed by atoms with E-state index >= 15 is 0 Å². The molecule has 3 heterocycles. The molecule has 3 atom stereocenters. The van der Waals surface area contributed by atoms with E-state index in [1.54, 1.807) is 18.6 Å². The van der Waals surface area contributed by atoms with Crippen molar-refractivity contribution in [2.24, 2.45) is 5.92 Å². The van der Waals surface area contributed by atoms with Gasteiger partial charge in [0.25, 0.3) is 0 Å². The summed E-state index contributed by atoms with van der Waals surface area (Å²) >= 11 is 0. The zero-order valence-corrected chi connectivity index (χ0v) is 15.9. The predicted octanol–water partition coefficient (Wildman–Crippen LogP) is 2.96. The van der Waals surface area contributed by atoms with Crippen molar-refractivity contribution in [2.75, 3.05) is 5.75 Å². The van der Waals surface area contributed by atoms with E-state index in [2.05, 4.69) is 19.7 Å². The van der Waals surface area contributed by atoms with Crippen molar-refractivity contribution in [1.82, 2.24) is 24.1 Å². The summed E-state index contributed by atoms with van der Waals surface area (Å²) in [5.41, 5.74) is 2.44. The first-order chi connectivity index (χ1) is 13.1. The van der Waals surface area contributed by atoms with Crippen molar-refractivity contribution in [3.05, 3.63) is 30.5 Å². The molecule has 7 nitrogen and oxygen atoms in total. The van der Waals surface area contributed by atoms with Gasteiger partial charge >= 0.3 is 6.18 Å². The van der Waals surface area contributed by atoms with E-state index in [9.17, 15) is 21.6 Å². The third-order valence-corrected chi connectivity index (χ3v) is 6.73. The highest BCUT2D eigenvalue weighted by Crippen LogP contribution is 2.40. The standard InChI is InChI=1S/C17H20F3N5O2S/c1-10-6-11(24-28(26,27)5-3-17(18,19)20)7-13(10)16-23-9-12-8-22-15-14(25(12)16)2-4-21-15/h2,4,8-11,13,21,24H,3,5-7H2,1H3/t10-,11+,13+/m0/s1. The van der Waals surface area contributed by atoms with Crippen molar-refractivity contribution >= 4 is 26.7 Å². The number of nitrogens with one attached hydrogen (secondary N) is 2. The fraction of sp³-hybridized carbons (Fsp3) is 0.529. The molecule has 1 aliphatic carbocycles. The van der Waals surface area contributed by atoms with Crippen LogP contribution in [-0.4, -0.2) is 45.7 Å². The average molecular weight is 415 g/mol. The highest BCUT2D eigenvalue weighted by atomic mass is 32.2. The lowest BCUT2D eigenvalue weighted by Crippen LogP contribution is -2.36. The Kier molecular flexibility index (Phi) is 4.61. The number of sulfonamides is 1. The molecular weight excluding hydrogens is 395 g/mol.